The number of carbonyl (C=O) groups is 1. The largest absolute Gasteiger partial charge is 0.480 e. The second-order valence-electron chi connectivity index (χ2n) is 3.17. The number of benzene rings is 1. The van der Waals surface area contributed by atoms with Crippen LogP contribution in [0.4, 0.5) is 4.39 Å². The molecular weight excluding hydrogens is 185 g/mol. The van der Waals surface area contributed by atoms with E-state index in [-0.39, 0.29) is 0 Å². The molecule has 0 aliphatic heterocycles. The zero-order chi connectivity index (χ0) is 10.7. The van der Waals surface area contributed by atoms with Crippen molar-refractivity contribution >= 4 is 5.97 Å². The average molecular weight is 197 g/mol. The van der Waals surface area contributed by atoms with Crippen LogP contribution in [-0.4, -0.2) is 17.1 Å². The molecule has 3 nitrogen and oxygen atoms in total. The lowest BCUT2D eigenvalue weighted by Gasteiger charge is -2.16. The maximum absolute atomic E-state index is 13.2. The molecule has 0 spiro atoms. The summed E-state index contributed by atoms with van der Waals surface area (Å²) < 4.78 is 13.2. The fourth-order valence-electron chi connectivity index (χ4n) is 1.25. The first-order chi connectivity index (χ1) is 6.54. The van der Waals surface area contributed by atoms with Crippen LogP contribution in [0.25, 0.3) is 0 Å². The summed E-state index contributed by atoms with van der Waals surface area (Å²) in [6.07, 6.45) is 0. The van der Waals surface area contributed by atoms with Crippen LogP contribution >= 0.6 is 0 Å². The zero-order valence-electron chi connectivity index (χ0n) is 7.77. The maximum Gasteiger partial charge on any atom is 0.321 e. The Hall–Kier alpha value is -1.42. The summed E-state index contributed by atoms with van der Waals surface area (Å²) in [4.78, 5) is 10.6. The van der Waals surface area contributed by atoms with Crippen molar-refractivity contribution in [1.29, 1.82) is 0 Å². The number of hydrogen-bond acceptors (Lipinski definition) is 2. The van der Waals surface area contributed by atoms with Gasteiger partial charge in [-0.2, -0.15) is 0 Å². The van der Waals surface area contributed by atoms with Crippen LogP contribution in [-0.2, 0) is 4.79 Å². The summed E-state index contributed by atoms with van der Waals surface area (Å²) in [5.41, 5.74) is 5.73. The molecule has 3 N–H and O–H groups in total. The van der Waals surface area contributed by atoms with Crippen molar-refractivity contribution in [2.24, 2.45) is 5.73 Å². The minimum Gasteiger partial charge on any atom is -0.480 e. The van der Waals surface area contributed by atoms with Gasteiger partial charge in [-0.3, -0.25) is 4.79 Å². The lowest BCUT2D eigenvalue weighted by atomic mass is 9.93. The molecule has 2 unspecified atom stereocenters. The number of hydrogen-bond donors (Lipinski definition) is 2. The Labute approximate surface area is 81.4 Å². The standard InChI is InChI=1S/C10H12FNO2/c1-6(9(12)10(13)14)7-4-2-3-5-8(7)11/h2-6,9H,12H2,1H3,(H,13,14). The predicted octanol–water partition coefficient (Wildman–Crippen LogP) is 1.34. The SMILES string of the molecule is CC(c1ccccc1F)C(N)C(=O)O. The molecule has 0 aliphatic rings. The fraction of sp³-hybridized carbons (Fsp3) is 0.300. The Morgan fingerprint density at radius 1 is 1.50 bits per heavy atom. The number of halogens is 1. The van der Waals surface area contributed by atoms with E-state index in [1.54, 1.807) is 25.1 Å². The van der Waals surface area contributed by atoms with Gasteiger partial charge in [-0.05, 0) is 11.6 Å². The molecule has 1 aromatic rings. The van der Waals surface area contributed by atoms with Crippen LogP contribution in [0.1, 0.15) is 18.4 Å². The summed E-state index contributed by atoms with van der Waals surface area (Å²) in [6, 6.07) is 4.97. The van der Waals surface area contributed by atoms with Crippen molar-refractivity contribution < 1.29 is 14.3 Å². The van der Waals surface area contributed by atoms with Gasteiger partial charge < -0.3 is 10.8 Å². The van der Waals surface area contributed by atoms with Gasteiger partial charge in [-0.1, -0.05) is 25.1 Å². The van der Waals surface area contributed by atoms with Crippen LogP contribution in [0, 0.1) is 5.82 Å². The van der Waals surface area contributed by atoms with Crippen LogP contribution in [0.2, 0.25) is 0 Å². The Kier molecular flexibility index (Phi) is 3.19. The van der Waals surface area contributed by atoms with Gasteiger partial charge in [0.05, 0.1) is 0 Å². The molecule has 0 amide bonds. The Morgan fingerprint density at radius 2 is 2.07 bits per heavy atom. The molecular formula is C10H12FNO2. The van der Waals surface area contributed by atoms with E-state index >= 15 is 0 Å². The van der Waals surface area contributed by atoms with Crippen molar-refractivity contribution in [3.63, 3.8) is 0 Å². The molecule has 0 aliphatic carbocycles. The highest BCUT2D eigenvalue weighted by Crippen LogP contribution is 2.20. The lowest BCUT2D eigenvalue weighted by molar-refractivity contribution is -0.139. The number of carboxylic acid groups (broad SMARTS) is 1. The topological polar surface area (TPSA) is 63.3 Å². The zero-order valence-corrected chi connectivity index (χ0v) is 7.77. The molecule has 0 bridgehead atoms. The molecule has 0 saturated carbocycles. The smallest absolute Gasteiger partial charge is 0.321 e. The van der Waals surface area contributed by atoms with E-state index in [1.807, 2.05) is 0 Å². The van der Waals surface area contributed by atoms with Crippen LogP contribution in [0.3, 0.4) is 0 Å². The second-order valence-corrected chi connectivity index (χ2v) is 3.17. The van der Waals surface area contributed by atoms with Crippen molar-refractivity contribution in [3.8, 4) is 0 Å². The van der Waals surface area contributed by atoms with Crippen LogP contribution < -0.4 is 5.73 Å². The van der Waals surface area contributed by atoms with E-state index in [0.29, 0.717) is 5.56 Å². The molecule has 14 heavy (non-hydrogen) atoms. The molecule has 1 rings (SSSR count). The lowest BCUT2D eigenvalue weighted by Crippen LogP contribution is -2.35. The first-order valence-corrected chi connectivity index (χ1v) is 4.27. The fourth-order valence-corrected chi connectivity index (χ4v) is 1.25. The van der Waals surface area contributed by atoms with E-state index in [9.17, 15) is 9.18 Å². The highest BCUT2D eigenvalue weighted by molar-refractivity contribution is 5.74. The molecule has 0 saturated heterocycles. The molecule has 1 aromatic carbocycles. The van der Waals surface area contributed by atoms with Gasteiger partial charge in [0, 0.05) is 5.92 Å². The average Bonchev–Trinajstić information content (AvgIpc) is 2.16. The number of aliphatic carboxylic acids is 1. The molecule has 0 aromatic heterocycles. The number of carboxylic acids is 1. The summed E-state index contributed by atoms with van der Waals surface area (Å²) in [5, 5.41) is 8.66. The molecule has 0 fully saturated rings. The first-order valence-electron chi connectivity index (χ1n) is 4.27. The van der Waals surface area contributed by atoms with Crippen molar-refractivity contribution in [2.45, 2.75) is 18.9 Å². The highest BCUT2D eigenvalue weighted by atomic mass is 19.1. The third kappa shape index (κ3) is 2.09. The minimum atomic E-state index is -1.12. The quantitative estimate of drug-likeness (QED) is 0.768. The Morgan fingerprint density at radius 3 is 2.57 bits per heavy atom. The number of rotatable bonds is 3. The third-order valence-electron chi connectivity index (χ3n) is 2.22. The Balaban J connectivity index is 2.94. The van der Waals surface area contributed by atoms with E-state index in [0.717, 1.165) is 0 Å². The third-order valence-corrected chi connectivity index (χ3v) is 2.22. The van der Waals surface area contributed by atoms with Crippen molar-refractivity contribution in [2.75, 3.05) is 0 Å². The molecule has 0 heterocycles. The number of nitrogens with two attached hydrogens (primary N) is 1. The summed E-state index contributed by atoms with van der Waals surface area (Å²) in [7, 11) is 0. The van der Waals surface area contributed by atoms with E-state index < -0.39 is 23.7 Å². The maximum atomic E-state index is 13.2. The normalized spacial score (nSPS) is 14.8. The molecule has 2 atom stereocenters. The Bertz CT molecular complexity index is 341. The monoisotopic (exact) mass is 197 g/mol. The summed E-state index contributed by atoms with van der Waals surface area (Å²) in [6.45, 7) is 1.59. The summed E-state index contributed by atoms with van der Waals surface area (Å²) >= 11 is 0. The second kappa shape index (κ2) is 4.19. The highest BCUT2D eigenvalue weighted by Gasteiger charge is 2.23. The van der Waals surface area contributed by atoms with Crippen LogP contribution in [0.15, 0.2) is 24.3 Å². The minimum absolute atomic E-state index is 0.336. The van der Waals surface area contributed by atoms with Gasteiger partial charge in [-0.25, -0.2) is 4.39 Å². The van der Waals surface area contributed by atoms with Gasteiger partial charge in [-0.15, -0.1) is 0 Å². The van der Waals surface area contributed by atoms with E-state index in [4.69, 9.17) is 10.8 Å². The van der Waals surface area contributed by atoms with Gasteiger partial charge >= 0.3 is 5.97 Å². The van der Waals surface area contributed by atoms with Gasteiger partial charge in [0.2, 0.25) is 0 Å². The molecule has 0 radical (unpaired) electrons. The molecule has 76 valence electrons. The predicted molar refractivity (Wildman–Crippen MR) is 50.4 cm³/mol. The van der Waals surface area contributed by atoms with Crippen molar-refractivity contribution in [3.05, 3.63) is 35.6 Å². The van der Waals surface area contributed by atoms with Crippen molar-refractivity contribution in [1.82, 2.24) is 0 Å². The van der Waals surface area contributed by atoms with Gasteiger partial charge in [0.15, 0.2) is 0 Å². The van der Waals surface area contributed by atoms with E-state index in [1.165, 1.54) is 6.07 Å². The summed E-state index contributed by atoms with van der Waals surface area (Å²) in [5.74, 6) is -2.08. The first kappa shape index (κ1) is 10.7. The van der Waals surface area contributed by atoms with Gasteiger partial charge in [0.1, 0.15) is 11.9 Å². The molecule has 4 heteroatoms. The van der Waals surface area contributed by atoms with Gasteiger partial charge in [0.25, 0.3) is 0 Å². The van der Waals surface area contributed by atoms with E-state index in [2.05, 4.69) is 0 Å². The van der Waals surface area contributed by atoms with Crippen LogP contribution in [0.5, 0.6) is 0 Å².